The standard InChI is InChI=1S/C18H29N5O2/c1-21(2)11-12-22-10-7-19-17(22)14-5-8-23(9-6-14)18(25)15-3-4-16(24)20-13-15/h7,10,14-15H,3-6,8-9,11-13H2,1-2H3,(H,20,24)/t15-/m0/s1. The number of amides is 2. The lowest BCUT2D eigenvalue weighted by Crippen LogP contribution is -2.47. The molecule has 1 aromatic heterocycles. The van der Waals surface area contributed by atoms with Crippen LogP contribution in [0.4, 0.5) is 0 Å². The second-order valence-corrected chi connectivity index (χ2v) is 7.42. The first-order chi connectivity index (χ1) is 12.0. The van der Waals surface area contributed by atoms with Crippen LogP contribution in [0.5, 0.6) is 0 Å². The molecular formula is C18H29N5O2. The molecule has 0 aromatic carbocycles. The van der Waals surface area contributed by atoms with Crippen molar-refractivity contribution in [3.63, 3.8) is 0 Å². The first-order valence-electron chi connectivity index (χ1n) is 9.26. The Bertz CT molecular complexity index is 594. The average Bonchev–Trinajstić information content (AvgIpc) is 3.09. The number of likely N-dealkylation sites (N-methyl/N-ethyl adjacent to an activating group) is 1. The number of piperidine rings is 2. The summed E-state index contributed by atoms with van der Waals surface area (Å²) in [5, 5.41) is 2.81. The van der Waals surface area contributed by atoms with E-state index in [1.807, 2.05) is 11.1 Å². The first kappa shape index (κ1) is 17.9. The number of aromatic nitrogens is 2. The van der Waals surface area contributed by atoms with E-state index in [4.69, 9.17) is 0 Å². The highest BCUT2D eigenvalue weighted by atomic mass is 16.2. The van der Waals surface area contributed by atoms with Crippen LogP contribution in [0.15, 0.2) is 12.4 Å². The van der Waals surface area contributed by atoms with Crippen LogP contribution in [-0.2, 0) is 16.1 Å². The van der Waals surface area contributed by atoms with Crippen LogP contribution in [0.25, 0.3) is 0 Å². The van der Waals surface area contributed by atoms with E-state index in [1.54, 1.807) is 0 Å². The molecule has 1 N–H and O–H groups in total. The first-order valence-corrected chi connectivity index (χ1v) is 9.26. The van der Waals surface area contributed by atoms with E-state index < -0.39 is 0 Å². The molecule has 0 bridgehead atoms. The van der Waals surface area contributed by atoms with E-state index in [1.165, 1.54) is 0 Å². The molecule has 3 rings (SSSR count). The average molecular weight is 347 g/mol. The maximum absolute atomic E-state index is 12.6. The van der Waals surface area contributed by atoms with Crippen LogP contribution in [-0.4, -0.2) is 71.4 Å². The molecule has 2 saturated heterocycles. The van der Waals surface area contributed by atoms with Crippen molar-refractivity contribution in [1.82, 2.24) is 24.7 Å². The highest BCUT2D eigenvalue weighted by Gasteiger charge is 2.32. The van der Waals surface area contributed by atoms with E-state index in [0.717, 1.165) is 44.8 Å². The molecule has 7 heteroatoms. The van der Waals surface area contributed by atoms with Crippen molar-refractivity contribution in [3.8, 4) is 0 Å². The van der Waals surface area contributed by atoms with Crippen LogP contribution in [0, 0.1) is 5.92 Å². The molecule has 0 radical (unpaired) electrons. The topological polar surface area (TPSA) is 70.5 Å². The summed E-state index contributed by atoms with van der Waals surface area (Å²) in [6.45, 7) is 4.01. The van der Waals surface area contributed by atoms with Gasteiger partial charge in [0.1, 0.15) is 5.82 Å². The summed E-state index contributed by atoms with van der Waals surface area (Å²) in [5.74, 6) is 1.80. The molecule has 138 valence electrons. The molecule has 2 aliphatic rings. The summed E-state index contributed by atoms with van der Waals surface area (Å²) in [6.07, 6.45) is 7.01. The third-order valence-electron chi connectivity index (χ3n) is 5.32. The van der Waals surface area contributed by atoms with Gasteiger partial charge in [-0.05, 0) is 33.4 Å². The lowest BCUT2D eigenvalue weighted by atomic mass is 9.92. The molecule has 0 saturated carbocycles. The Kier molecular flexibility index (Phi) is 5.73. The highest BCUT2D eigenvalue weighted by molar-refractivity contribution is 5.83. The second-order valence-electron chi connectivity index (χ2n) is 7.42. The quantitative estimate of drug-likeness (QED) is 0.850. The molecule has 2 aliphatic heterocycles. The maximum atomic E-state index is 12.6. The Morgan fingerprint density at radius 3 is 2.72 bits per heavy atom. The van der Waals surface area contributed by atoms with Gasteiger partial charge in [-0.1, -0.05) is 0 Å². The summed E-state index contributed by atoms with van der Waals surface area (Å²) >= 11 is 0. The van der Waals surface area contributed by atoms with E-state index >= 15 is 0 Å². The number of rotatable bonds is 5. The lowest BCUT2D eigenvalue weighted by molar-refractivity contribution is -0.138. The zero-order valence-corrected chi connectivity index (χ0v) is 15.3. The number of nitrogens with one attached hydrogen (secondary N) is 1. The molecule has 2 fully saturated rings. The van der Waals surface area contributed by atoms with Gasteiger partial charge in [-0.3, -0.25) is 9.59 Å². The second kappa shape index (κ2) is 7.99. The number of imidazole rings is 1. The van der Waals surface area contributed by atoms with Gasteiger partial charge in [-0.25, -0.2) is 4.98 Å². The van der Waals surface area contributed by atoms with E-state index in [2.05, 4.69) is 40.1 Å². The molecule has 2 amide bonds. The smallest absolute Gasteiger partial charge is 0.227 e. The van der Waals surface area contributed by atoms with Gasteiger partial charge in [-0.2, -0.15) is 0 Å². The van der Waals surface area contributed by atoms with Gasteiger partial charge in [0.2, 0.25) is 11.8 Å². The number of carbonyl (C=O) groups is 2. The minimum absolute atomic E-state index is 0.0451. The van der Waals surface area contributed by atoms with Gasteiger partial charge in [0.15, 0.2) is 0 Å². The highest BCUT2D eigenvalue weighted by Crippen LogP contribution is 2.28. The van der Waals surface area contributed by atoms with Crippen LogP contribution in [0.2, 0.25) is 0 Å². The number of likely N-dealkylation sites (tertiary alicyclic amines) is 1. The van der Waals surface area contributed by atoms with Crippen LogP contribution < -0.4 is 5.32 Å². The Morgan fingerprint density at radius 1 is 1.32 bits per heavy atom. The molecule has 0 unspecified atom stereocenters. The van der Waals surface area contributed by atoms with Gasteiger partial charge in [0.05, 0.1) is 5.92 Å². The Morgan fingerprint density at radius 2 is 2.08 bits per heavy atom. The summed E-state index contributed by atoms with van der Waals surface area (Å²) < 4.78 is 2.25. The van der Waals surface area contributed by atoms with Crippen molar-refractivity contribution in [1.29, 1.82) is 0 Å². The minimum Gasteiger partial charge on any atom is -0.355 e. The maximum Gasteiger partial charge on any atom is 0.227 e. The predicted molar refractivity (Wildman–Crippen MR) is 95.1 cm³/mol. The van der Waals surface area contributed by atoms with Crippen molar-refractivity contribution in [2.75, 3.05) is 40.3 Å². The van der Waals surface area contributed by atoms with E-state index in [-0.39, 0.29) is 17.7 Å². The van der Waals surface area contributed by atoms with Crippen LogP contribution in [0.3, 0.4) is 0 Å². The van der Waals surface area contributed by atoms with Gasteiger partial charge in [0, 0.05) is 57.5 Å². The molecule has 0 aliphatic carbocycles. The van der Waals surface area contributed by atoms with E-state index in [0.29, 0.717) is 25.3 Å². The molecule has 0 spiro atoms. The fourth-order valence-corrected chi connectivity index (χ4v) is 3.74. The summed E-state index contributed by atoms with van der Waals surface area (Å²) in [5.41, 5.74) is 0. The fourth-order valence-electron chi connectivity index (χ4n) is 3.74. The van der Waals surface area contributed by atoms with Gasteiger partial charge >= 0.3 is 0 Å². The molecule has 7 nitrogen and oxygen atoms in total. The molecule has 1 aromatic rings. The Hall–Kier alpha value is -1.89. The van der Waals surface area contributed by atoms with Crippen LogP contribution in [0.1, 0.15) is 37.4 Å². The van der Waals surface area contributed by atoms with Crippen molar-refractivity contribution in [3.05, 3.63) is 18.2 Å². The zero-order valence-electron chi connectivity index (χ0n) is 15.3. The largest absolute Gasteiger partial charge is 0.355 e. The number of hydrogen-bond acceptors (Lipinski definition) is 4. The monoisotopic (exact) mass is 347 g/mol. The number of hydrogen-bond donors (Lipinski definition) is 1. The zero-order chi connectivity index (χ0) is 17.8. The molecule has 1 atom stereocenters. The van der Waals surface area contributed by atoms with E-state index in [9.17, 15) is 9.59 Å². The van der Waals surface area contributed by atoms with Gasteiger partial charge in [-0.15, -0.1) is 0 Å². The summed E-state index contributed by atoms with van der Waals surface area (Å²) in [6, 6.07) is 0. The predicted octanol–water partition coefficient (Wildman–Crippen LogP) is 0.677. The van der Waals surface area contributed by atoms with Crippen molar-refractivity contribution in [2.24, 2.45) is 5.92 Å². The minimum atomic E-state index is -0.0451. The van der Waals surface area contributed by atoms with Gasteiger partial charge < -0.3 is 19.7 Å². The molecule has 25 heavy (non-hydrogen) atoms. The normalized spacial score (nSPS) is 22.3. The SMILES string of the molecule is CN(C)CCn1ccnc1C1CCN(C(=O)[C@H]2CCC(=O)NC2)CC1. The molecular weight excluding hydrogens is 318 g/mol. The number of nitrogens with zero attached hydrogens (tertiary/aromatic N) is 4. The van der Waals surface area contributed by atoms with Crippen molar-refractivity contribution >= 4 is 11.8 Å². The fraction of sp³-hybridized carbons (Fsp3) is 0.722. The number of carbonyl (C=O) groups excluding carboxylic acids is 2. The molecule has 3 heterocycles. The lowest BCUT2D eigenvalue weighted by Gasteiger charge is -2.35. The third kappa shape index (κ3) is 4.39. The Balaban J connectivity index is 1.53. The summed E-state index contributed by atoms with van der Waals surface area (Å²) in [7, 11) is 4.16. The Labute approximate surface area is 149 Å². The van der Waals surface area contributed by atoms with Crippen molar-refractivity contribution < 1.29 is 9.59 Å². The van der Waals surface area contributed by atoms with Gasteiger partial charge in [0.25, 0.3) is 0 Å². The summed E-state index contributed by atoms with van der Waals surface area (Å²) in [4.78, 5) is 32.6. The third-order valence-corrected chi connectivity index (χ3v) is 5.32. The van der Waals surface area contributed by atoms with Crippen molar-refractivity contribution in [2.45, 2.75) is 38.1 Å². The van der Waals surface area contributed by atoms with Crippen LogP contribution >= 0.6 is 0 Å².